The molecule has 1 aliphatic rings. The van der Waals surface area contributed by atoms with Crippen molar-refractivity contribution >= 4 is 0 Å². The number of hydrogen-bond acceptors (Lipinski definition) is 3. The zero-order valence-corrected chi connectivity index (χ0v) is 14.2. The minimum absolute atomic E-state index is 0.125. The molecule has 0 bridgehead atoms. The van der Waals surface area contributed by atoms with Crippen molar-refractivity contribution in [2.75, 3.05) is 6.54 Å². The van der Waals surface area contributed by atoms with Gasteiger partial charge in [0.2, 0.25) is 0 Å². The number of piperidine rings is 1. The van der Waals surface area contributed by atoms with Gasteiger partial charge in [-0.25, -0.2) is 0 Å². The molecule has 1 atom stereocenters. The van der Waals surface area contributed by atoms with Crippen LogP contribution in [-0.2, 0) is 13.1 Å². The summed E-state index contributed by atoms with van der Waals surface area (Å²) in [6.07, 6.45) is 8.55. The number of furan rings is 1. The first-order valence-electron chi connectivity index (χ1n) is 8.54. The second-order valence-electron chi connectivity index (χ2n) is 7.38. The molecule has 0 saturated carbocycles. The molecule has 2 rings (SSSR count). The van der Waals surface area contributed by atoms with Crippen LogP contribution in [0.5, 0.6) is 0 Å². The van der Waals surface area contributed by atoms with Gasteiger partial charge < -0.3 is 9.73 Å². The van der Waals surface area contributed by atoms with Crippen molar-refractivity contribution in [3.63, 3.8) is 0 Å². The molecule has 1 aromatic rings. The average molecular weight is 292 g/mol. The predicted molar refractivity (Wildman–Crippen MR) is 88.3 cm³/mol. The van der Waals surface area contributed by atoms with Crippen LogP contribution >= 0.6 is 0 Å². The number of nitrogens with zero attached hydrogens (tertiary/aromatic N) is 1. The van der Waals surface area contributed by atoms with Crippen molar-refractivity contribution in [3.8, 4) is 0 Å². The van der Waals surface area contributed by atoms with Gasteiger partial charge in [-0.05, 0) is 52.6 Å². The Morgan fingerprint density at radius 2 is 2.14 bits per heavy atom. The molecule has 1 fully saturated rings. The largest absolute Gasteiger partial charge is 0.468 e. The van der Waals surface area contributed by atoms with Gasteiger partial charge in [0.05, 0.1) is 12.8 Å². The van der Waals surface area contributed by atoms with E-state index < -0.39 is 0 Å². The van der Waals surface area contributed by atoms with Crippen molar-refractivity contribution < 1.29 is 4.42 Å². The quantitative estimate of drug-likeness (QED) is 0.846. The molecule has 1 N–H and O–H groups in total. The van der Waals surface area contributed by atoms with Crippen LogP contribution in [0.25, 0.3) is 0 Å². The van der Waals surface area contributed by atoms with E-state index in [0.717, 1.165) is 24.9 Å². The Labute approximate surface area is 130 Å². The van der Waals surface area contributed by atoms with Gasteiger partial charge in [0.25, 0.3) is 0 Å². The van der Waals surface area contributed by atoms with Gasteiger partial charge in [-0.3, -0.25) is 4.90 Å². The van der Waals surface area contributed by atoms with Crippen LogP contribution in [0.3, 0.4) is 0 Å². The van der Waals surface area contributed by atoms with Crippen LogP contribution in [0.15, 0.2) is 16.7 Å². The first-order chi connectivity index (χ1) is 9.99. The fraction of sp³-hybridized carbons (Fsp3) is 0.778. The highest BCUT2D eigenvalue weighted by Crippen LogP contribution is 2.24. The fourth-order valence-corrected chi connectivity index (χ4v) is 3.16. The molecule has 0 aliphatic carbocycles. The SMILES string of the molecule is CCCC1CCCCN1Cc1ccoc1CNC(C)(C)C. The molecule has 3 heteroatoms. The zero-order chi connectivity index (χ0) is 15.3. The Kier molecular flexibility index (Phi) is 5.88. The monoisotopic (exact) mass is 292 g/mol. The minimum Gasteiger partial charge on any atom is -0.468 e. The Hall–Kier alpha value is -0.800. The third-order valence-electron chi connectivity index (χ3n) is 4.36. The van der Waals surface area contributed by atoms with Crippen molar-refractivity contribution in [2.45, 2.75) is 84.5 Å². The normalized spacial score (nSPS) is 20.9. The van der Waals surface area contributed by atoms with Crippen LogP contribution in [0.2, 0.25) is 0 Å². The standard InChI is InChI=1S/C18H32N2O/c1-5-8-16-9-6-7-11-20(16)14-15-10-12-21-17(15)13-19-18(2,3)4/h10,12,16,19H,5-9,11,13-14H2,1-4H3. The lowest BCUT2D eigenvalue weighted by molar-refractivity contribution is 0.130. The number of nitrogens with one attached hydrogen (secondary N) is 1. The lowest BCUT2D eigenvalue weighted by Gasteiger charge is -2.35. The first kappa shape index (κ1) is 16.6. The summed E-state index contributed by atoms with van der Waals surface area (Å²) in [5.41, 5.74) is 1.48. The highest BCUT2D eigenvalue weighted by molar-refractivity contribution is 5.17. The molecule has 0 radical (unpaired) electrons. The van der Waals surface area contributed by atoms with E-state index in [0.29, 0.717) is 0 Å². The van der Waals surface area contributed by atoms with Gasteiger partial charge in [-0.1, -0.05) is 19.8 Å². The molecule has 0 spiro atoms. The van der Waals surface area contributed by atoms with Crippen LogP contribution < -0.4 is 5.32 Å². The van der Waals surface area contributed by atoms with E-state index in [2.05, 4.69) is 44.0 Å². The second kappa shape index (κ2) is 7.46. The van der Waals surface area contributed by atoms with Gasteiger partial charge in [0.15, 0.2) is 0 Å². The summed E-state index contributed by atoms with van der Waals surface area (Å²) in [5.74, 6) is 1.10. The molecule has 1 unspecified atom stereocenters. The Balaban J connectivity index is 1.97. The number of hydrogen-bond donors (Lipinski definition) is 1. The third kappa shape index (κ3) is 5.15. The van der Waals surface area contributed by atoms with Crippen LogP contribution in [-0.4, -0.2) is 23.0 Å². The van der Waals surface area contributed by atoms with Gasteiger partial charge in [-0.15, -0.1) is 0 Å². The molecule has 1 saturated heterocycles. The summed E-state index contributed by atoms with van der Waals surface area (Å²) in [5, 5.41) is 3.53. The third-order valence-corrected chi connectivity index (χ3v) is 4.36. The van der Waals surface area contributed by atoms with E-state index in [-0.39, 0.29) is 5.54 Å². The van der Waals surface area contributed by atoms with E-state index in [4.69, 9.17) is 4.42 Å². The predicted octanol–water partition coefficient (Wildman–Crippen LogP) is 4.32. The van der Waals surface area contributed by atoms with Gasteiger partial charge in [0, 0.05) is 23.7 Å². The highest BCUT2D eigenvalue weighted by Gasteiger charge is 2.23. The minimum atomic E-state index is 0.125. The molecule has 1 aromatic heterocycles. The van der Waals surface area contributed by atoms with Gasteiger partial charge >= 0.3 is 0 Å². The molecule has 3 nitrogen and oxygen atoms in total. The van der Waals surface area contributed by atoms with Gasteiger partial charge in [-0.2, -0.15) is 0 Å². The molecular formula is C18H32N2O. The molecule has 1 aliphatic heterocycles. The topological polar surface area (TPSA) is 28.4 Å². The molecule has 2 heterocycles. The van der Waals surface area contributed by atoms with Crippen molar-refractivity contribution in [2.24, 2.45) is 0 Å². The highest BCUT2D eigenvalue weighted by atomic mass is 16.3. The summed E-state index contributed by atoms with van der Waals surface area (Å²) in [4.78, 5) is 2.67. The van der Waals surface area contributed by atoms with Crippen LogP contribution in [0.1, 0.15) is 71.1 Å². The molecule has 0 aromatic carbocycles. The first-order valence-corrected chi connectivity index (χ1v) is 8.54. The fourth-order valence-electron chi connectivity index (χ4n) is 3.16. The molecular weight excluding hydrogens is 260 g/mol. The van der Waals surface area contributed by atoms with Crippen molar-refractivity contribution in [1.29, 1.82) is 0 Å². The van der Waals surface area contributed by atoms with E-state index in [1.807, 2.05) is 6.26 Å². The maximum absolute atomic E-state index is 5.71. The van der Waals surface area contributed by atoms with Crippen molar-refractivity contribution in [3.05, 3.63) is 23.7 Å². The Morgan fingerprint density at radius 3 is 2.86 bits per heavy atom. The summed E-state index contributed by atoms with van der Waals surface area (Å²) < 4.78 is 5.71. The lowest BCUT2D eigenvalue weighted by atomic mass is 9.97. The summed E-state index contributed by atoms with van der Waals surface area (Å²) >= 11 is 0. The van der Waals surface area contributed by atoms with Crippen LogP contribution in [0.4, 0.5) is 0 Å². The van der Waals surface area contributed by atoms with E-state index in [1.54, 1.807) is 0 Å². The maximum Gasteiger partial charge on any atom is 0.122 e. The van der Waals surface area contributed by atoms with E-state index in [9.17, 15) is 0 Å². The van der Waals surface area contributed by atoms with E-state index >= 15 is 0 Å². The summed E-state index contributed by atoms with van der Waals surface area (Å²) in [6.45, 7) is 12.0. The molecule has 0 amide bonds. The van der Waals surface area contributed by atoms with E-state index in [1.165, 1.54) is 44.2 Å². The summed E-state index contributed by atoms with van der Waals surface area (Å²) in [6, 6.07) is 2.92. The summed E-state index contributed by atoms with van der Waals surface area (Å²) in [7, 11) is 0. The Bertz CT molecular complexity index is 417. The lowest BCUT2D eigenvalue weighted by Crippen LogP contribution is -2.39. The smallest absolute Gasteiger partial charge is 0.122 e. The maximum atomic E-state index is 5.71. The van der Waals surface area contributed by atoms with Crippen LogP contribution in [0, 0.1) is 0 Å². The second-order valence-corrected chi connectivity index (χ2v) is 7.38. The molecule has 120 valence electrons. The number of rotatable bonds is 6. The zero-order valence-electron chi connectivity index (χ0n) is 14.2. The Morgan fingerprint density at radius 1 is 1.33 bits per heavy atom. The van der Waals surface area contributed by atoms with Crippen molar-refractivity contribution in [1.82, 2.24) is 10.2 Å². The average Bonchev–Trinajstić information content (AvgIpc) is 2.86. The number of likely N-dealkylation sites (tertiary alicyclic amines) is 1. The molecule has 21 heavy (non-hydrogen) atoms. The van der Waals surface area contributed by atoms with Gasteiger partial charge in [0.1, 0.15) is 5.76 Å².